The summed E-state index contributed by atoms with van der Waals surface area (Å²) in [6.45, 7) is 4.05. The normalized spacial score (nSPS) is 21.6. The molecule has 24 heavy (non-hydrogen) atoms. The molecule has 0 bridgehead atoms. The molecule has 5 nitrogen and oxygen atoms in total. The summed E-state index contributed by atoms with van der Waals surface area (Å²) in [6.07, 6.45) is 3.52. The summed E-state index contributed by atoms with van der Waals surface area (Å²) in [5, 5.41) is 8.74. The number of aryl methyl sites for hydroxylation is 1. The number of piperidine rings is 1. The molecule has 2 amide bonds. The first-order valence-corrected chi connectivity index (χ1v) is 8.66. The number of fused-ring (bicyclic) bond motifs is 1. The van der Waals surface area contributed by atoms with E-state index in [1.165, 1.54) is 12.1 Å². The molecule has 0 saturated carbocycles. The van der Waals surface area contributed by atoms with Crippen LogP contribution in [-0.4, -0.2) is 24.9 Å². The molecule has 2 heterocycles. The Labute approximate surface area is 141 Å². The van der Waals surface area contributed by atoms with E-state index >= 15 is 0 Å². The molecule has 6 heteroatoms. The average molecular weight is 333 g/mol. The van der Waals surface area contributed by atoms with Gasteiger partial charge in [0.2, 0.25) is 11.8 Å². The second-order valence-corrected chi connectivity index (χ2v) is 6.87. The Morgan fingerprint density at radius 1 is 1.42 bits per heavy atom. The van der Waals surface area contributed by atoms with E-state index in [-0.39, 0.29) is 23.4 Å². The maximum Gasteiger partial charge on any atom is 0.224 e. The third kappa shape index (κ3) is 3.93. The maximum absolute atomic E-state index is 14.2. The van der Waals surface area contributed by atoms with E-state index in [0.29, 0.717) is 30.9 Å². The predicted molar refractivity (Wildman–Crippen MR) is 91.4 cm³/mol. The lowest BCUT2D eigenvalue weighted by Gasteiger charge is -2.28. The van der Waals surface area contributed by atoms with Crippen LogP contribution in [-0.2, 0) is 16.0 Å². The number of hydrogen-bond acceptors (Lipinski definition) is 3. The predicted octanol–water partition coefficient (Wildman–Crippen LogP) is 2.67. The molecule has 0 aromatic heterocycles. The van der Waals surface area contributed by atoms with Crippen molar-refractivity contribution in [3.05, 3.63) is 23.5 Å². The molecule has 0 radical (unpaired) electrons. The highest BCUT2D eigenvalue weighted by molar-refractivity contribution is 5.96. The van der Waals surface area contributed by atoms with E-state index in [4.69, 9.17) is 0 Å². The van der Waals surface area contributed by atoms with Crippen LogP contribution in [0.1, 0.15) is 38.2 Å². The van der Waals surface area contributed by atoms with Crippen molar-refractivity contribution in [3.8, 4) is 0 Å². The van der Waals surface area contributed by atoms with Crippen LogP contribution >= 0.6 is 0 Å². The van der Waals surface area contributed by atoms with Crippen molar-refractivity contribution < 1.29 is 14.0 Å². The van der Waals surface area contributed by atoms with Crippen LogP contribution in [0.15, 0.2) is 12.1 Å². The summed E-state index contributed by atoms with van der Waals surface area (Å²) in [6, 6.07) is 2.92. The van der Waals surface area contributed by atoms with Crippen molar-refractivity contribution in [2.24, 2.45) is 11.8 Å². The van der Waals surface area contributed by atoms with Gasteiger partial charge in [-0.15, -0.1) is 0 Å². The monoisotopic (exact) mass is 333 g/mol. The van der Waals surface area contributed by atoms with Crippen LogP contribution in [0, 0.1) is 17.7 Å². The average Bonchev–Trinajstić information content (AvgIpc) is 2.56. The lowest BCUT2D eigenvalue weighted by molar-refractivity contribution is -0.117. The molecule has 2 aliphatic rings. The van der Waals surface area contributed by atoms with Crippen LogP contribution in [0.3, 0.4) is 0 Å². The SMILES string of the molecule is CC(CC(=O)Nc1cc2c(cc1F)CCC(=O)N2)C1CCCNC1. The fourth-order valence-electron chi connectivity index (χ4n) is 3.52. The van der Waals surface area contributed by atoms with Crippen LogP contribution in [0.2, 0.25) is 0 Å². The maximum atomic E-state index is 14.2. The number of nitrogens with one attached hydrogen (secondary N) is 3. The Balaban J connectivity index is 1.63. The molecular weight excluding hydrogens is 309 g/mol. The highest BCUT2D eigenvalue weighted by Crippen LogP contribution is 2.29. The number of rotatable bonds is 4. The largest absolute Gasteiger partial charge is 0.326 e. The highest BCUT2D eigenvalue weighted by Gasteiger charge is 2.23. The van der Waals surface area contributed by atoms with Gasteiger partial charge in [0.1, 0.15) is 5.82 Å². The second-order valence-electron chi connectivity index (χ2n) is 6.87. The van der Waals surface area contributed by atoms with E-state index in [1.807, 2.05) is 0 Å². The van der Waals surface area contributed by atoms with Crippen LogP contribution in [0.25, 0.3) is 0 Å². The summed E-state index contributed by atoms with van der Waals surface area (Å²) < 4.78 is 14.2. The molecule has 2 atom stereocenters. The molecule has 0 aliphatic carbocycles. The van der Waals surface area contributed by atoms with Crippen LogP contribution < -0.4 is 16.0 Å². The summed E-state index contributed by atoms with van der Waals surface area (Å²) >= 11 is 0. The molecule has 130 valence electrons. The lowest BCUT2D eigenvalue weighted by atomic mass is 9.85. The number of benzene rings is 1. The lowest BCUT2D eigenvalue weighted by Crippen LogP contribution is -2.34. The zero-order valence-corrected chi connectivity index (χ0v) is 14.0. The molecule has 3 N–H and O–H groups in total. The molecule has 3 rings (SSSR count). The zero-order valence-electron chi connectivity index (χ0n) is 14.0. The number of hydrogen-bond donors (Lipinski definition) is 3. The molecule has 1 aromatic rings. The summed E-state index contributed by atoms with van der Waals surface area (Å²) in [5.74, 6) is 0.0134. The first kappa shape index (κ1) is 16.9. The van der Waals surface area contributed by atoms with Gasteiger partial charge in [-0.2, -0.15) is 0 Å². The minimum absolute atomic E-state index is 0.0789. The van der Waals surface area contributed by atoms with Gasteiger partial charge >= 0.3 is 0 Å². The number of amides is 2. The molecule has 1 saturated heterocycles. The third-order valence-corrected chi connectivity index (χ3v) is 5.01. The van der Waals surface area contributed by atoms with Gasteiger partial charge in [0.25, 0.3) is 0 Å². The molecule has 0 spiro atoms. The Hall–Kier alpha value is -1.95. The molecule has 1 fully saturated rings. The number of anilines is 2. The van der Waals surface area contributed by atoms with E-state index in [1.54, 1.807) is 0 Å². The Kier molecular flexibility index (Phi) is 5.14. The Morgan fingerprint density at radius 2 is 2.25 bits per heavy atom. The summed E-state index contributed by atoms with van der Waals surface area (Å²) in [4.78, 5) is 23.7. The van der Waals surface area contributed by atoms with Gasteiger partial charge < -0.3 is 16.0 Å². The molecular formula is C18H24FN3O2. The van der Waals surface area contributed by atoms with E-state index in [2.05, 4.69) is 22.9 Å². The van der Waals surface area contributed by atoms with Gasteiger partial charge in [0, 0.05) is 18.5 Å². The van der Waals surface area contributed by atoms with Gasteiger partial charge in [-0.05, 0) is 61.9 Å². The summed E-state index contributed by atoms with van der Waals surface area (Å²) in [5.41, 5.74) is 1.49. The Bertz CT molecular complexity index is 641. The number of carbonyl (C=O) groups excluding carboxylic acids is 2. The first-order chi connectivity index (χ1) is 11.5. The van der Waals surface area contributed by atoms with Crippen molar-refractivity contribution >= 4 is 23.2 Å². The second kappa shape index (κ2) is 7.30. The minimum Gasteiger partial charge on any atom is -0.326 e. The quantitative estimate of drug-likeness (QED) is 0.793. The topological polar surface area (TPSA) is 70.2 Å². The first-order valence-electron chi connectivity index (χ1n) is 8.66. The number of carbonyl (C=O) groups is 2. The van der Waals surface area contributed by atoms with Crippen molar-refractivity contribution in [1.29, 1.82) is 0 Å². The van der Waals surface area contributed by atoms with Gasteiger partial charge in [0.15, 0.2) is 0 Å². The standard InChI is InChI=1S/C18H24FN3O2/c1-11(13-3-2-6-20-10-13)7-18(24)22-16-9-15-12(8-14(16)19)4-5-17(23)21-15/h8-9,11,13,20H,2-7,10H2,1H3,(H,21,23)(H,22,24). The van der Waals surface area contributed by atoms with Crippen molar-refractivity contribution in [2.75, 3.05) is 23.7 Å². The molecule has 2 aliphatic heterocycles. The minimum atomic E-state index is -0.453. The molecule has 2 unspecified atom stereocenters. The van der Waals surface area contributed by atoms with Gasteiger partial charge in [-0.1, -0.05) is 6.92 Å². The van der Waals surface area contributed by atoms with Crippen molar-refractivity contribution in [2.45, 2.75) is 39.0 Å². The van der Waals surface area contributed by atoms with Crippen molar-refractivity contribution in [1.82, 2.24) is 5.32 Å². The molecule has 1 aromatic carbocycles. The van der Waals surface area contributed by atoms with Crippen LogP contribution in [0.5, 0.6) is 0 Å². The van der Waals surface area contributed by atoms with Crippen LogP contribution in [0.4, 0.5) is 15.8 Å². The smallest absolute Gasteiger partial charge is 0.224 e. The number of halogens is 1. The highest BCUT2D eigenvalue weighted by atomic mass is 19.1. The van der Waals surface area contributed by atoms with E-state index < -0.39 is 5.82 Å². The van der Waals surface area contributed by atoms with Crippen molar-refractivity contribution in [3.63, 3.8) is 0 Å². The Morgan fingerprint density at radius 3 is 3.00 bits per heavy atom. The zero-order chi connectivity index (χ0) is 17.1. The van der Waals surface area contributed by atoms with Gasteiger partial charge in [0.05, 0.1) is 5.69 Å². The van der Waals surface area contributed by atoms with Gasteiger partial charge in [-0.3, -0.25) is 9.59 Å². The van der Waals surface area contributed by atoms with Gasteiger partial charge in [-0.25, -0.2) is 4.39 Å². The fraction of sp³-hybridized carbons (Fsp3) is 0.556. The van der Waals surface area contributed by atoms with E-state index in [9.17, 15) is 14.0 Å². The van der Waals surface area contributed by atoms with E-state index in [0.717, 1.165) is 31.5 Å². The third-order valence-electron chi connectivity index (χ3n) is 5.01. The fourth-order valence-corrected chi connectivity index (χ4v) is 3.52. The summed E-state index contributed by atoms with van der Waals surface area (Å²) in [7, 11) is 0.